The van der Waals surface area contributed by atoms with Gasteiger partial charge in [-0.3, -0.25) is 4.79 Å². The van der Waals surface area contributed by atoms with E-state index in [2.05, 4.69) is 10.2 Å². The van der Waals surface area contributed by atoms with Gasteiger partial charge in [0.25, 0.3) is 0 Å². The van der Waals surface area contributed by atoms with Gasteiger partial charge in [0.2, 0.25) is 5.91 Å². The number of hydrogen-bond acceptors (Lipinski definition) is 4. The molecular weight excluding hydrogens is 230 g/mol. The van der Waals surface area contributed by atoms with E-state index in [4.69, 9.17) is 5.73 Å². The lowest BCUT2D eigenvalue weighted by molar-refractivity contribution is -0.122. The molecule has 0 aliphatic heterocycles. The van der Waals surface area contributed by atoms with E-state index in [1.165, 1.54) is 6.07 Å². The summed E-state index contributed by atoms with van der Waals surface area (Å²) in [5, 5.41) is 12.1. The van der Waals surface area contributed by atoms with Crippen LogP contribution in [0.3, 0.4) is 0 Å². The molecule has 5 heteroatoms. The van der Waals surface area contributed by atoms with Crippen molar-refractivity contribution in [3.05, 3.63) is 29.8 Å². The number of nitrogens with zero attached hydrogens (tertiary/aromatic N) is 1. The van der Waals surface area contributed by atoms with Crippen molar-refractivity contribution in [2.24, 2.45) is 5.73 Å². The van der Waals surface area contributed by atoms with Gasteiger partial charge in [-0.05, 0) is 44.8 Å². The van der Waals surface area contributed by atoms with E-state index >= 15 is 0 Å². The first-order valence-electron chi connectivity index (χ1n) is 5.97. The molecule has 0 aliphatic rings. The van der Waals surface area contributed by atoms with Crippen molar-refractivity contribution >= 4 is 5.91 Å². The van der Waals surface area contributed by atoms with Gasteiger partial charge in [0.15, 0.2) is 0 Å². The molecule has 1 aromatic rings. The van der Waals surface area contributed by atoms with Gasteiger partial charge in [-0.2, -0.15) is 0 Å². The van der Waals surface area contributed by atoms with Crippen LogP contribution >= 0.6 is 0 Å². The maximum Gasteiger partial charge on any atom is 0.241 e. The predicted molar refractivity (Wildman–Crippen MR) is 71.2 cm³/mol. The molecule has 0 bridgehead atoms. The van der Waals surface area contributed by atoms with E-state index in [0.29, 0.717) is 12.1 Å². The summed E-state index contributed by atoms with van der Waals surface area (Å²) < 4.78 is 0. The normalized spacial score (nSPS) is 12.4. The smallest absolute Gasteiger partial charge is 0.241 e. The van der Waals surface area contributed by atoms with Crippen molar-refractivity contribution in [1.29, 1.82) is 0 Å². The van der Waals surface area contributed by atoms with E-state index in [9.17, 15) is 9.90 Å². The molecule has 0 heterocycles. The van der Waals surface area contributed by atoms with Crippen LogP contribution in [0, 0.1) is 0 Å². The summed E-state index contributed by atoms with van der Waals surface area (Å²) in [6.07, 6.45) is 0.880. The summed E-state index contributed by atoms with van der Waals surface area (Å²) in [4.78, 5) is 13.8. The van der Waals surface area contributed by atoms with Crippen molar-refractivity contribution < 1.29 is 9.90 Å². The SMILES string of the molecule is CN(C)CCCNC(=O)[C@@H](N)c1cccc(O)c1. The summed E-state index contributed by atoms with van der Waals surface area (Å²) in [6.45, 7) is 1.52. The van der Waals surface area contributed by atoms with Crippen molar-refractivity contribution in [1.82, 2.24) is 10.2 Å². The molecule has 0 radical (unpaired) electrons. The van der Waals surface area contributed by atoms with Crippen LogP contribution in [0.15, 0.2) is 24.3 Å². The van der Waals surface area contributed by atoms with Crippen molar-refractivity contribution in [2.75, 3.05) is 27.2 Å². The Morgan fingerprint density at radius 3 is 2.83 bits per heavy atom. The number of aromatic hydroxyl groups is 1. The lowest BCUT2D eigenvalue weighted by Crippen LogP contribution is -2.35. The molecule has 1 atom stereocenters. The number of phenols is 1. The fourth-order valence-electron chi connectivity index (χ4n) is 1.59. The van der Waals surface area contributed by atoms with Gasteiger partial charge in [0, 0.05) is 6.54 Å². The molecule has 0 aromatic heterocycles. The minimum absolute atomic E-state index is 0.114. The average Bonchev–Trinajstić information content (AvgIpc) is 2.33. The molecule has 18 heavy (non-hydrogen) atoms. The number of phenolic OH excluding ortho intramolecular Hbond substituents is 1. The highest BCUT2D eigenvalue weighted by Crippen LogP contribution is 2.16. The predicted octanol–water partition coefficient (Wildman–Crippen LogP) is 0.460. The highest BCUT2D eigenvalue weighted by atomic mass is 16.3. The number of benzene rings is 1. The van der Waals surface area contributed by atoms with E-state index in [1.807, 2.05) is 14.1 Å². The summed E-state index contributed by atoms with van der Waals surface area (Å²) in [7, 11) is 3.97. The Labute approximate surface area is 108 Å². The molecule has 4 N–H and O–H groups in total. The molecule has 0 unspecified atom stereocenters. The Morgan fingerprint density at radius 1 is 1.50 bits per heavy atom. The fraction of sp³-hybridized carbons (Fsp3) is 0.462. The monoisotopic (exact) mass is 251 g/mol. The van der Waals surface area contributed by atoms with Crippen molar-refractivity contribution in [2.45, 2.75) is 12.5 Å². The molecule has 0 saturated heterocycles. The fourth-order valence-corrected chi connectivity index (χ4v) is 1.59. The number of amides is 1. The summed E-state index contributed by atoms with van der Waals surface area (Å²) in [5.74, 6) is -0.109. The third kappa shape index (κ3) is 4.73. The molecule has 0 aliphatic carbocycles. The van der Waals surface area contributed by atoms with Gasteiger partial charge < -0.3 is 21.1 Å². The van der Waals surface area contributed by atoms with Gasteiger partial charge in [-0.25, -0.2) is 0 Å². The van der Waals surface area contributed by atoms with Crippen LogP contribution < -0.4 is 11.1 Å². The van der Waals surface area contributed by atoms with Crippen LogP contribution in [-0.2, 0) is 4.79 Å². The molecule has 0 fully saturated rings. The molecule has 1 amide bonds. The first-order valence-corrected chi connectivity index (χ1v) is 5.97. The van der Waals surface area contributed by atoms with E-state index in [-0.39, 0.29) is 11.7 Å². The Kier molecular flexibility index (Phi) is 5.61. The highest BCUT2D eigenvalue weighted by Gasteiger charge is 2.15. The van der Waals surface area contributed by atoms with Gasteiger partial charge in [0.1, 0.15) is 11.8 Å². The minimum atomic E-state index is -0.739. The Bertz CT molecular complexity index is 394. The number of rotatable bonds is 6. The maximum atomic E-state index is 11.8. The second kappa shape index (κ2) is 6.98. The highest BCUT2D eigenvalue weighted by molar-refractivity contribution is 5.82. The van der Waals surface area contributed by atoms with Crippen LogP contribution in [0.5, 0.6) is 5.75 Å². The number of nitrogens with two attached hydrogens (primary N) is 1. The maximum absolute atomic E-state index is 11.8. The van der Waals surface area contributed by atoms with Gasteiger partial charge >= 0.3 is 0 Å². The standard InChI is InChI=1S/C13H21N3O2/c1-16(2)8-4-7-15-13(18)12(14)10-5-3-6-11(17)9-10/h3,5-6,9,12,17H,4,7-8,14H2,1-2H3,(H,15,18)/t12-/m0/s1. The number of carbonyl (C=O) groups excluding carboxylic acids is 1. The minimum Gasteiger partial charge on any atom is -0.508 e. The molecular formula is C13H21N3O2. The third-order valence-corrected chi connectivity index (χ3v) is 2.59. The van der Waals surface area contributed by atoms with Gasteiger partial charge in [-0.1, -0.05) is 12.1 Å². The van der Waals surface area contributed by atoms with Crippen LogP contribution in [0.1, 0.15) is 18.0 Å². The average molecular weight is 251 g/mol. The van der Waals surface area contributed by atoms with Crippen LogP contribution in [0.2, 0.25) is 0 Å². The summed E-state index contributed by atoms with van der Waals surface area (Å²) >= 11 is 0. The van der Waals surface area contributed by atoms with Crippen molar-refractivity contribution in [3.8, 4) is 5.75 Å². The van der Waals surface area contributed by atoms with E-state index in [1.54, 1.807) is 18.2 Å². The molecule has 0 spiro atoms. The molecule has 100 valence electrons. The Hall–Kier alpha value is -1.59. The zero-order chi connectivity index (χ0) is 13.5. The van der Waals surface area contributed by atoms with Crippen LogP contribution in [0.25, 0.3) is 0 Å². The number of hydrogen-bond donors (Lipinski definition) is 3. The van der Waals surface area contributed by atoms with Crippen molar-refractivity contribution in [3.63, 3.8) is 0 Å². The Balaban J connectivity index is 2.42. The number of carbonyl (C=O) groups is 1. The van der Waals surface area contributed by atoms with E-state index < -0.39 is 6.04 Å². The third-order valence-electron chi connectivity index (χ3n) is 2.59. The van der Waals surface area contributed by atoms with E-state index in [0.717, 1.165) is 13.0 Å². The molecule has 0 saturated carbocycles. The number of nitrogens with one attached hydrogen (secondary N) is 1. The first-order chi connectivity index (χ1) is 8.50. The van der Waals surface area contributed by atoms with Gasteiger partial charge in [0.05, 0.1) is 0 Å². The quantitative estimate of drug-likeness (QED) is 0.642. The summed E-state index contributed by atoms with van der Waals surface area (Å²) in [5.41, 5.74) is 6.43. The first kappa shape index (κ1) is 14.5. The zero-order valence-electron chi connectivity index (χ0n) is 10.9. The summed E-state index contributed by atoms with van der Waals surface area (Å²) in [6, 6.07) is 5.71. The zero-order valence-corrected chi connectivity index (χ0v) is 10.9. The second-order valence-corrected chi connectivity index (χ2v) is 4.52. The van der Waals surface area contributed by atoms with Crippen LogP contribution in [-0.4, -0.2) is 43.1 Å². The van der Waals surface area contributed by atoms with Crippen LogP contribution in [0.4, 0.5) is 0 Å². The molecule has 1 rings (SSSR count). The van der Waals surface area contributed by atoms with Gasteiger partial charge in [-0.15, -0.1) is 0 Å². The Morgan fingerprint density at radius 2 is 2.22 bits per heavy atom. The topological polar surface area (TPSA) is 78.6 Å². The lowest BCUT2D eigenvalue weighted by atomic mass is 10.1. The lowest BCUT2D eigenvalue weighted by Gasteiger charge is -2.14. The largest absolute Gasteiger partial charge is 0.508 e. The molecule has 1 aromatic carbocycles. The molecule has 5 nitrogen and oxygen atoms in total. The second-order valence-electron chi connectivity index (χ2n) is 4.52.